The summed E-state index contributed by atoms with van der Waals surface area (Å²) in [5.41, 5.74) is -0.623. The maximum absolute atomic E-state index is 13.0. The molecule has 13 heteroatoms. The maximum Gasteiger partial charge on any atom is 0.416 e. The summed E-state index contributed by atoms with van der Waals surface area (Å²) in [6.07, 6.45) is 4.92. The average molecular weight is 598 g/mol. The van der Waals surface area contributed by atoms with Gasteiger partial charge in [0, 0.05) is 30.7 Å². The minimum atomic E-state index is -4.55. The van der Waals surface area contributed by atoms with Crippen LogP contribution in [0.2, 0.25) is 0 Å². The summed E-state index contributed by atoms with van der Waals surface area (Å²) in [4.78, 5) is 38.3. The number of benzene rings is 1. The highest BCUT2D eigenvalue weighted by Crippen LogP contribution is 2.42. The highest BCUT2D eigenvalue weighted by molar-refractivity contribution is 5.96. The average Bonchev–Trinajstić information content (AvgIpc) is 3.70. The summed E-state index contributed by atoms with van der Waals surface area (Å²) in [6.45, 7) is 1.81. The number of aliphatic hydroxyl groups is 1. The molecule has 3 aliphatic rings. The van der Waals surface area contributed by atoms with Crippen LogP contribution in [0.1, 0.15) is 60.1 Å². The lowest BCUT2D eigenvalue weighted by Gasteiger charge is -2.44. The molecule has 43 heavy (non-hydrogen) atoms. The largest absolute Gasteiger partial charge is 0.416 e. The van der Waals surface area contributed by atoms with E-state index in [0.29, 0.717) is 43.6 Å². The monoisotopic (exact) mass is 597 g/mol. The molecule has 2 aliphatic heterocycles. The van der Waals surface area contributed by atoms with Gasteiger partial charge in [-0.05, 0) is 81.3 Å². The summed E-state index contributed by atoms with van der Waals surface area (Å²) in [6, 6.07) is 8.39. The molecule has 3 fully saturated rings. The van der Waals surface area contributed by atoms with Gasteiger partial charge in [0.2, 0.25) is 5.91 Å². The first-order valence-corrected chi connectivity index (χ1v) is 14.6. The van der Waals surface area contributed by atoms with E-state index in [0.717, 1.165) is 50.0 Å². The fourth-order valence-electron chi connectivity index (χ4n) is 6.87. The highest BCUT2D eigenvalue weighted by Gasteiger charge is 2.45. The van der Waals surface area contributed by atoms with Crippen LogP contribution in [-0.4, -0.2) is 84.7 Å². The third-order valence-corrected chi connectivity index (χ3v) is 9.27. The van der Waals surface area contributed by atoms with E-state index in [1.54, 1.807) is 22.1 Å². The van der Waals surface area contributed by atoms with Crippen LogP contribution in [0.4, 0.5) is 13.2 Å². The minimum absolute atomic E-state index is 0.137. The lowest BCUT2D eigenvalue weighted by Crippen LogP contribution is -2.55. The first kappa shape index (κ1) is 29.2. The summed E-state index contributed by atoms with van der Waals surface area (Å²) < 4.78 is 40.7. The van der Waals surface area contributed by atoms with Crippen LogP contribution in [-0.2, 0) is 16.6 Å². The molecular weight excluding hydrogens is 563 g/mol. The topological polar surface area (TPSA) is 116 Å². The molecule has 0 radical (unpaired) electrons. The number of carbonyl (C=O) groups is 2. The number of amides is 2. The number of fused-ring (bicyclic) bond motifs is 1. The van der Waals surface area contributed by atoms with E-state index >= 15 is 0 Å². The molecule has 1 aromatic carbocycles. The Morgan fingerprint density at radius 3 is 2.56 bits per heavy atom. The Bertz CT molecular complexity index is 1440. The molecule has 0 spiro atoms. The minimum Gasteiger partial charge on any atom is -0.384 e. The van der Waals surface area contributed by atoms with Gasteiger partial charge in [0.15, 0.2) is 0 Å². The van der Waals surface area contributed by atoms with E-state index in [1.807, 2.05) is 12.1 Å². The third kappa shape index (κ3) is 6.14. The Labute approximate surface area is 246 Å². The van der Waals surface area contributed by atoms with Gasteiger partial charge in [-0.2, -0.15) is 18.3 Å². The van der Waals surface area contributed by atoms with Crippen LogP contribution in [0, 0.1) is 5.92 Å². The molecule has 0 bridgehead atoms. The first-order chi connectivity index (χ1) is 20.6. The number of rotatable bonds is 6. The van der Waals surface area contributed by atoms with Crippen molar-refractivity contribution in [2.45, 2.75) is 62.4 Å². The molecule has 4 heterocycles. The summed E-state index contributed by atoms with van der Waals surface area (Å²) in [5.74, 6) is -0.478. The van der Waals surface area contributed by atoms with E-state index in [4.69, 9.17) is 0 Å². The lowest BCUT2D eigenvalue weighted by atomic mass is 9.79. The van der Waals surface area contributed by atoms with Gasteiger partial charge in [-0.3, -0.25) is 19.5 Å². The Morgan fingerprint density at radius 1 is 1.07 bits per heavy atom. The number of carbonyl (C=O) groups excluding carboxylic acids is 2. The SMILES string of the molecule is O=C(NCC(=O)N1CC[C@@H]2CCN(C3CCC(O)(c4ccc(-n5cncn5)cn4)CC3)C2C1)c1cccc(C(F)(F)F)c1. The number of hydrogen-bond acceptors (Lipinski definition) is 7. The fraction of sp³-hybridized carbons (Fsp3) is 0.500. The third-order valence-electron chi connectivity index (χ3n) is 9.27. The Morgan fingerprint density at radius 2 is 1.86 bits per heavy atom. The van der Waals surface area contributed by atoms with Crippen molar-refractivity contribution in [3.8, 4) is 5.69 Å². The molecule has 2 N–H and O–H groups in total. The fourth-order valence-corrected chi connectivity index (χ4v) is 6.87. The van der Waals surface area contributed by atoms with Gasteiger partial charge in [0.25, 0.3) is 5.91 Å². The summed E-state index contributed by atoms with van der Waals surface area (Å²) in [5, 5.41) is 18.1. The van der Waals surface area contributed by atoms with Crippen molar-refractivity contribution in [1.82, 2.24) is 34.9 Å². The van der Waals surface area contributed by atoms with Crippen molar-refractivity contribution in [2.24, 2.45) is 5.92 Å². The molecule has 1 aliphatic carbocycles. The number of nitrogens with one attached hydrogen (secondary N) is 1. The summed E-state index contributed by atoms with van der Waals surface area (Å²) >= 11 is 0. The Hall–Kier alpha value is -3.84. The van der Waals surface area contributed by atoms with Crippen molar-refractivity contribution in [1.29, 1.82) is 0 Å². The van der Waals surface area contributed by atoms with Gasteiger partial charge in [-0.1, -0.05) is 6.07 Å². The molecule has 2 atom stereocenters. The van der Waals surface area contributed by atoms with Gasteiger partial charge < -0.3 is 15.3 Å². The van der Waals surface area contributed by atoms with Crippen LogP contribution < -0.4 is 5.32 Å². The second-order valence-corrected chi connectivity index (χ2v) is 11.7. The van der Waals surface area contributed by atoms with Gasteiger partial charge in [-0.15, -0.1) is 0 Å². The first-order valence-electron chi connectivity index (χ1n) is 14.6. The molecule has 1 unspecified atom stereocenters. The Kier molecular flexibility index (Phi) is 7.94. The zero-order valence-corrected chi connectivity index (χ0v) is 23.6. The van der Waals surface area contributed by atoms with E-state index in [-0.39, 0.29) is 24.1 Å². The van der Waals surface area contributed by atoms with Gasteiger partial charge in [0.05, 0.1) is 29.7 Å². The smallest absolute Gasteiger partial charge is 0.384 e. The van der Waals surface area contributed by atoms with Crippen molar-refractivity contribution < 1.29 is 27.9 Å². The molecule has 2 amide bonds. The van der Waals surface area contributed by atoms with E-state index in [1.165, 1.54) is 18.5 Å². The standard InChI is InChI=1S/C30H34F3N7O3/c31-30(32,33)22-3-1-2-21(14-22)28(42)36-16-27(41)38-12-8-20-9-13-39(25(20)17-38)23-6-10-29(43,11-7-23)26-5-4-24(15-35-26)40-19-34-18-37-40/h1-5,14-15,18-20,23,25,43H,6-13,16-17H2,(H,36,42)/t20-,23?,25?,29?/m1/s1. The van der Waals surface area contributed by atoms with Crippen LogP contribution in [0.5, 0.6) is 0 Å². The predicted octanol–water partition coefficient (Wildman–Crippen LogP) is 3.16. The van der Waals surface area contributed by atoms with E-state index in [2.05, 4.69) is 25.3 Å². The summed E-state index contributed by atoms with van der Waals surface area (Å²) in [7, 11) is 0. The maximum atomic E-state index is 13.0. The van der Waals surface area contributed by atoms with Gasteiger partial charge >= 0.3 is 6.18 Å². The van der Waals surface area contributed by atoms with Crippen LogP contribution in [0.15, 0.2) is 55.2 Å². The zero-order valence-electron chi connectivity index (χ0n) is 23.6. The lowest BCUT2D eigenvalue weighted by molar-refractivity contribution is -0.137. The second-order valence-electron chi connectivity index (χ2n) is 11.7. The molecule has 3 aromatic rings. The number of piperidine rings is 1. The number of hydrogen-bond donors (Lipinski definition) is 2. The molecule has 2 aromatic heterocycles. The highest BCUT2D eigenvalue weighted by atomic mass is 19.4. The van der Waals surface area contributed by atoms with Crippen molar-refractivity contribution >= 4 is 11.8 Å². The van der Waals surface area contributed by atoms with E-state index < -0.39 is 23.2 Å². The Balaban J connectivity index is 1.03. The van der Waals surface area contributed by atoms with Crippen LogP contribution >= 0.6 is 0 Å². The van der Waals surface area contributed by atoms with Crippen molar-refractivity contribution in [2.75, 3.05) is 26.2 Å². The number of likely N-dealkylation sites (tertiary alicyclic amines) is 2. The molecule has 10 nitrogen and oxygen atoms in total. The molecule has 2 saturated heterocycles. The van der Waals surface area contributed by atoms with E-state index in [9.17, 15) is 27.9 Å². The van der Waals surface area contributed by atoms with Crippen LogP contribution in [0.25, 0.3) is 5.69 Å². The normalized spacial score (nSPS) is 26.2. The number of aromatic nitrogens is 4. The van der Waals surface area contributed by atoms with Crippen molar-refractivity contribution in [3.05, 3.63) is 72.1 Å². The quantitative estimate of drug-likeness (QED) is 0.449. The number of halogens is 3. The molecular formula is C30H34F3N7O3. The molecule has 228 valence electrons. The second kappa shape index (κ2) is 11.7. The van der Waals surface area contributed by atoms with Crippen molar-refractivity contribution in [3.63, 3.8) is 0 Å². The molecule has 6 rings (SSSR count). The van der Waals surface area contributed by atoms with Gasteiger partial charge in [-0.25, -0.2) is 9.67 Å². The number of pyridine rings is 1. The number of alkyl halides is 3. The molecule has 1 saturated carbocycles. The number of nitrogens with zero attached hydrogens (tertiary/aromatic N) is 6. The van der Waals surface area contributed by atoms with Gasteiger partial charge in [0.1, 0.15) is 18.3 Å². The zero-order chi connectivity index (χ0) is 30.2. The van der Waals surface area contributed by atoms with Crippen LogP contribution in [0.3, 0.4) is 0 Å². The predicted molar refractivity (Wildman–Crippen MR) is 149 cm³/mol.